The van der Waals surface area contributed by atoms with E-state index in [1.54, 1.807) is 10.7 Å². The summed E-state index contributed by atoms with van der Waals surface area (Å²) in [6.45, 7) is 2.71. The SMILES string of the molecule is CNCCC1CCN(C(=O)c2ccn(-c3cccc(Br)c3)n2)CC1.Cl. The summed E-state index contributed by atoms with van der Waals surface area (Å²) in [5, 5.41) is 7.66. The van der Waals surface area contributed by atoms with Crippen LogP contribution in [-0.4, -0.2) is 47.3 Å². The Hall–Kier alpha value is -1.37. The van der Waals surface area contributed by atoms with Gasteiger partial charge in [0.1, 0.15) is 0 Å². The fourth-order valence-corrected chi connectivity index (χ4v) is 3.52. The van der Waals surface area contributed by atoms with E-state index in [4.69, 9.17) is 0 Å². The fraction of sp³-hybridized carbons (Fsp3) is 0.444. The molecule has 136 valence electrons. The monoisotopic (exact) mass is 426 g/mol. The lowest BCUT2D eigenvalue weighted by Crippen LogP contribution is -2.39. The van der Waals surface area contributed by atoms with Gasteiger partial charge in [0.05, 0.1) is 5.69 Å². The largest absolute Gasteiger partial charge is 0.337 e. The highest BCUT2D eigenvalue weighted by atomic mass is 79.9. The number of halogens is 2. The van der Waals surface area contributed by atoms with Crippen LogP contribution in [0.15, 0.2) is 41.0 Å². The van der Waals surface area contributed by atoms with Crippen LogP contribution in [0.3, 0.4) is 0 Å². The molecule has 0 saturated carbocycles. The maximum Gasteiger partial charge on any atom is 0.274 e. The van der Waals surface area contributed by atoms with Crippen LogP contribution in [-0.2, 0) is 0 Å². The van der Waals surface area contributed by atoms with Gasteiger partial charge in [-0.05, 0) is 63.0 Å². The summed E-state index contributed by atoms with van der Waals surface area (Å²) in [7, 11) is 1.99. The molecule has 1 fully saturated rings. The van der Waals surface area contributed by atoms with Crippen molar-refractivity contribution in [3.05, 3.63) is 46.7 Å². The van der Waals surface area contributed by atoms with Crippen molar-refractivity contribution < 1.29 is 4.79 Å². The normalized spacial score (nSPS) is 15.0. The van der Waals surface area contributed by atoms with Gasteiger partial charge >= 0.3 is 0 Å². The second-order valence-corrected chi connectivity index (χ2v) is 7.17. The minimum atomic E-state index is 0. The molecule has 1 amide bonds. The highest BCUT2D eigenvalue weighted by Crippen LogP contribution is 2.21. The second-order valence-electron chi connectivity index (χ2n) is 6.25. The molecule has 1 aromatic carbocycles. The van der Waals surface area contributed by atoms with Crippen LogP contribution in [0.2, 0.25) is 0 Å². The number of nitrogens with one attached hydrogen (secondary N) is 1. The molecule has 2 heterocycles. The van der Waals surface area contributed by atoms with Crippen molar-refractivity contribution in [1.29, 1.82) is 0 Å². The van der Waals surface area contributed by atoms with Crippen LogP contribution in [0.5, 0.6) is 0 Å². The third kappa shape index (κ3) is 5.06. The Kier molecular flexibility index (Phi) is 7.47. The molecular formula is C18H24BrClN4O. The van der Waals surface area contributed by atoms with Gasteiger partial charge in [-0.3, -0.25) is 4.79 Å². The quantitative estimate of drug-likeness (QED) is 0.794. The van der Waals surface area contributed by atoms with Gasteiger partial charge < -0.3 is 10.2 Å². The number of rotatable bonds is 5. The highest BCUT2D eigenvalue weighted by molar-refractivity contribution is 9.10. The summed E-state index contributed by atoms with van der Waals surface area (Å²) < 4.78 is 2.74. The molecule has 0 radical (unpaired) electrons. The Bertz CT molecular complexity index is 698. The molecule has 0 atom stereocenters. The van der Waals surface area contributed by atoms with Crippen molar-refractivity contribution in [2.24, 2.45) is 5.92 Å². The van der Waals surface area contributed by atoms with Gasteiger partial charge in [-0.25, -0.2) is 4.68 Å². The Morgan fingerprint density at radius 1 is 1.32 bits per heavy atom. The molecule has 1 aliphatic heterocycles. The molecule has 0 spiro atoms. The number of hydrogen-bond donors (Lipinski definition) is 1. The first-order valence-electron chi connectivity index (χ1n) is 8.43. The zero-order valence-electron chi connectivity index (χ0n) is 14.3. The summed E-state index contributed by atoms with van der Waals surface area (Å²) in [6, 6.07) is 9.68. The third-order valence-electron chi connectivity index (χ3n) is 4.59. The average molecular weight is 428 g/mol. The lowest BCUT2D eigenvalue weighted by Gasteiger charge is -2.31. The molecule has 1 aliphatic rings. The van der Waals surface area contributed by atoms with Crippen LogP contribution < -0.4 is 5.32 Å². The Labute approximate surface area is 163 Å². The van der Waals surface area contributed by atoms with E-state index in [1.165, 1.54) is 6.42 Å². The van der Waals surface area contributed by atoms with Gasteiger partial charge in [-0.15, -0.1) is 12.4 Å². The smallest absolute Gasteiger partial charge is 0.274 e. The molecule has 2 aromatic rings. The molecule has 0 aliphatic carbocycles. The van der Waals surface area contributed by atoms with Crippen LogP contribution in [0.1, 0.15) is 29.8 Å². The molecule has 7 heteroatoms. The number of hydrogen-bond acceptors (Lipinski definition) is 3. The first kappa shape index (κ1) is 19.9. The summed E-state index contributed by atoms with van der Waals surface area (Å²) >= 11 is 3.46. The van der Waals surface area contributed by atoms with E-state index in [-0.39, 0.29) is 18.3 Å². The molecule has 0 unspecified atom stereocenters. The standard InChI is InChI=1S/C18H23BrN4O.ClH/c1-20-9-5-14-6-10-22(11-7-14)18(24)17-8-12-23(21-17)16-4-2-3-15(19)13-16;/h2-4,8,12-14,20H,5-7,9-11H2,1H3;1H. The molecule has 1 aromatic heterocycles. The van der Waals surface area contributed by atoms with Gasteiger partial charge in [0.15, 0.2) is 5.69 Å². The number of amides is 1. The Balaban J connectivity index is 0.00000225. The van der Waals surface area contributed by atoms with Gasteiger partial charge in [0.25, 0.3) is 5.91 Å². The van der Waals surface area contributed by atoms with Crippen molar-refractivity contribution in [1.82, 2.24) is 20.0 Å². The van der Waals surface area contributed by atoms with Gasteiger partial charge in [0.2, 0.25) is 0 Å². The van der Waals surface area contributed by atoms with E-state index in [1.807, 2.05) is 42.4 Å². The predicted molar refractivity (Wildman–Crippen MR) is 106 cm³/mol. The zero-order valence-corrected chi connectivity index (χ0v) is 16.7. The minimum absolute atomic E-state index is 0. The molecule has 25 heavy (non-hydrogen) atoms. The Morgan fingerprint density at radius 2 is 2.08 bits per heavy atom. The molecule has 3 rings (SSSR count). The number of aromatic nitrogens is 2. The lowest BCUT2D eigenvalue weighted by molar-refractivity contribution is 0.0680. The van der Waals surface area contributed by atoms with Crippen LogP contribution in [0, 0.1) is 5.92 Å². The average Bonchev–Trinajstić information content (AvgIpc) is 3.10. The van der Waals surface area contributed by atoms with Crippen molar-refractivity contribution >= 4 is 34.2 Å². The highest BCUT2D eigenvalue weighted by Gasteiger charge is 2.24. The van der Waals surface area contributed by atoms with E-state index in [0.29, 0.717) is 5.69 Å². The first-order valence-corrected chi connectivity index (χ1v) is 9.22. The van der Waals surface area contributed by atoms with Crippen LogP contribution in [0.4, 0.5) is 0 Å². The van der Waals surface area contributed by atoms with Crippen molar-refractivity contribution in [2.45, 2.75) is 19.3 Å². The van der Waals surface area contributed by atoms with Crippen molar-refractivity contribution in [3.8, 4) is 5.69 Å². The second kappa shape index (κ2) is 9.36. The lowest BCUT2D eigenvalue weighted by atomic mass is 9.93. The molecular weight excluding hydrogens is 404 g/mol. The number of carbonyl (C=O) groups excluding carboxylic acids is 1. The van der Waals surface area contributed by atoms with E-state index in [2.05, 4.69) is 26.3 Å². The molecule has 1 N–H and O–H groups in total. The van der Waals surface area contributed by atoms with Gasteiger partial charge in [-0.1, -0.05) is 22.0 Å². The van der Waals surface area contributed by atoms with Crippen molar-refractivity contribution in [3.63, 3.8) is 0 Å². The molecule has 5 nitrogen and oxygen atoms in total. The maximum absolute atomic E-state index is 12.7. The van der Waals surface area contributed by atoms with E-state index in [9.17, 15) is 4.79 Å². The van der Waals surface area contributed by atoms with E-state index < -0.39 is 0 Å². The van der Waals surface area contributed by atoms with Gasteiger partial charge in [-0.2, -0.15) is 5.10 Å². The number of piperidine rings is 1. The number of carbonyl (C=O) groups is 1. The third-order valence-corrected chi connectivity index (χ3v) is 5.08. The number of benzene rings is 1. The summed E-state index contributed by atoms with van der Waals surface area (Å²) in [5.74, 6) is 0.761. The summed E-state index contributed by atoms with van der Waals surface area (Å²) in [6.07, 6.45) is 5.20. The summed E-state index contributed by atoms with van der Waals surface area (Å²) in [5.41, 5.74) is 1.46. The van der Waals surface area contributed by atoms with E-state index >= 15 is 0 Å². The zero-order chi connectivity index (χ0) is 16.9. The van der Waals surface area contributed by atoms with E-state index in [0.717, 1.165) is 48.6 Å². The maximum atomic E-state index is 12.7. The molecule has 1 saturated heterocycles. The topological polar surface area (TPSA) is 50.2 Å². The fourth-order valence-electron chi connectivity index (χ4n) is 3.14. The Morgan fingerprint density at radius 3 is 2.76 bits per heavy atom. The minimum Gasteiger partial charge on any atom is -0.337 e. The number of likely N-dealkylation sites (tertiary alicyclic amines) is 1. The first-order chi connectivity index (χ1) is 11.7. The van der Waals surface area contributed by atoms with Gasteiger partial charge in [0, 0.05) is 23.8 Å². The number of nitrogens with zero attached hydrogens (tertiary/aromatic N) is 3. The van der Waals surface area contributed by atoms with Crippen molar-refractivity contribution in [2.75, 3.05) is 26.7 Å². The molecule has 0 bridgehead atoms. The summed E-state index contributed by atoms with van der Waals surface area (Å²) in [4.78, 5) is 14.6. The van der Waals surface area contributed by atoms with Crippen LogP contribution >= 0.6 is 28.3 Å². The van der Waals surface area contributed by atoms with Crippen LogP contribution in [0.25, 0.3) is 5.69 Å². The predicted octanol–water partition coefficient (Wildman–Crippen LogP) is 3.52.